The van der Waals surface area contributed by atoms with Crippen LogP contribution in [0.15, 0.2) is 17.2 Å². The van der Waals surface area contributed by atoms with Gasteiger partial charge >= 0.3 is 0 Å². The molecule has 0 radical (unpaired) electrons. The summed E-state index contributed by atoms with van der Waals surface area (Å²) in [5.41, 5.74) is 0.993. The van der Waals surface area contributed by atoms with E-state index in [-0.39, 0.29) is 0 Å². The fourth-order valence-electron chi connectivity index (χ4n) is 2.18. The van der Waals surface area contributed by atoms with Gasteiger partial charge in [-0.15, -0.1) is 0 Å². The standard InChI is InChI=1S/C13H23N3O2S/c1-3-16-10-13(8-12(16)9-14-2)19(17,18)15-7-6-11-4-5-11/h8,10-11,14-15H,3-7,9H2,1-2H3. The number of aromatic nitrogens is 1. The van der Waals surface area contributed by atoms with Crippen LogP contribution in [0.2, 0.25) is 0 Å². The molecule has 1 saturated carbocycles. The molecule has 2 rings (SSSR count). The van der Waals surface area contributed by atoms with E-state index in [1.807, 2.05) is 18.5 Å². The zero-order valence-corrected chi connectivity index (χ0v) is 12.5. The van der Waals surface area contributed by atoms with Crippen LogP contribution in [0.25, 0.3) is 0 Å². The first kappa shape index (κ1) is 14.6. The minimum atomic E-state index is -3.36. The van der Waals surface area contributed by atoms with Crippen molar-refractivity contribution in [2.75, 3.05) is 13.6 Å². The smallest absolute Gasteiger partial charge is 0.242 e. The summed E-state index contributed by atoms with van der Waals surface area (Å²) in [5, 5.41) is 3.05. The molecule has 5 nitrogen and oxygen atoms in total. The summed E-state index contributed by atoms with van der Waals surface area (Å²) in [6, 6.07) is 1.75. The molecule has 1 aliphatic carbocycles. The van der Waals surface area contributed by atoms with Crippen molar-refractivity contribution >= 4 is 10.0 Å². The molecule has 0 atom stereocenters. The first-order valence-corrected chi connectivity index (χ1v) is 8.38. The van der Waals surface area contributed by atoms with Gasteiger partial charge in [-0.2, -0.15) is 0 Å². The molecule has 1 heterocycles. The van der Waals surface area contributed by atoms with Crippen molar-refractivity contribution in [3.63, 3.8) is 0 Å². The minimum Gasteiger partial charge on any atom is -0.349 e. The van der Waals surface area contributed by atoms with E-state index in [1.165, 1.54) is 12.8 Å². The number of hydrogen-bond donors (Lipinski definition) is 2. The molecule has 19 heavy (non-hydrogen) atoms. The fourth-order valence-corrected chi connectivity index (χ4v) is 3.29. The third-order valence-corrected chi connectivity index (χ3v) is 4.94. The average molecular weight is 285 g/mol. The van der Waals surface area contributed by atoms with E-state index < -0.39 is 10.0 Å². The second-order valence-electron chi connectivity index (χ2n) is 5.11. The molecule has 0 bridgehead atoms. The van der Waals surface area contributed by atoms with Gasteiger partial charge in [0.2, 0.25) is 10.0 Å². The molecular formula is C13H23N3O2S. The summed E-state index contributed by atoms with van der Waals surface area (Å²) in [4.78, 5) is 0.371. The van der Waals surface area contributed by atoms with Crippen molar-refractivity contribution < 1.29 is 8.42 Å². The molecule has 0 aromatic carbocycles. The monoisotopic (exact) mass is 285 g/mol. The van der Waals surface area contributed by atoms with E-state index in [4.69, 9.17) is 0 Å². The van der Waals surface area contributed by atoms with Crippen molar-refractivity contribution in [3.8, 4) is 0 Å². The van der Waals surface area contributed by atoms with Crippen molar-refractivity contribution in [2.24, 2.45) is 5.92 Å². The highest BCUT2D eigenvalue weighted by atomic mass is 32.2. The Morgan fingerprint density at radius 2 is 2.16 bits per heavy atom. The van der Waals surface area contributed by atoms with E-state index in [9.17, 15) is 8.42 Å². The van der Waals surface area contributed by atoms with Gasteiger partial charge in [0.25, 0.3) is 0 Å². The van der Waals surface area contributed by atoms with Gasteiger partial charge in [-0.05, 0) is 32.4 Å². The highest BCUT2D eigenvalue weighted by molar-refractivity contribution is 7.89. The van der Waals surface area contributed by atoms with E-state index >= 15 is 0 Å². The van der Waals surface area contributed by atoms with Crippen LogP contribution in [0, 0.1) is 5.92 Å². The molecule has 1 aliphatic rings. The van der Waals surface area contributed by atoms with Gasteiger partial charge in [0.1, 0.15) is 0 Å². The second kappa shape index (κ2) is 6.07. The maximum Gasteiger partial charge on any atom is 0.242 e. The highest BCUT2D eigenvalue weighted by Gasteiger charge is 2.22. The summed E-state index contributed by atoms with van der Waals surface area (Å²) < 4.78 is 29.0. The van der Waals surface area contributed by atoms with Crippen LogP contribution in [-0.4, -0.2) is 26.6 Å². The molecular weight excluding hydrogens is 262 g/mol. The zero-order chi connectivity index (χ0) is 13.9. The van der Waals surface area contributed by atoms with Crippen LogP contribution in [0.5, 0.6) is 0 Å². The van der Waals surface area contributed by atoms with Crippen molar-refractivity contribution in [3.05, 3.63) is 18.0 Å². The largest absolute Gasteiger partial charge is 0.349 e. The van der Waals surface area contributed by atoms with E-state index in [2.05, 4.69) is 10.0 Å². The van der Waals surface area contributed by atoms with Gasteiger partial charge in [-0.25, -0.2) is 13.1 Å². The Morgan fingerprint density at radius 3 is 2.74 bits per heavy atom. The summed E-state index contributed by atoms with van der Waals surface area (Å²) in [6.45, 7) is 4.00. The normalized spacial score (nSPS) is 15.9. The summed E-state index contributed by atoms with van der Waals surface area (Å²) in [7, 11) is -1.50. The molecule has 0 saturated heterocycles. The number of hydrogen-bond acceptors (Lipinski definition) is 3. The quantitative estimate of drug-likeness (QED) is 0.757. The van der Waals surface area contributed by atoms with Crippen LogP contribution in [0.4, 0.5) is 0 Å². The number of aryl methyl sites for hydroxylation is 1. The van der Waals surface area contributed by atoms with Gasteiger partial charge in [0.15, 0.2) is 0 Å². The predicted octanol–water partition coefficient (Wildman–Crippen LogP) is 1.31. The molecule has 1 aromatic heterocycles. The Bertz CT molecular complexity index is 518. The van der Waals surface area contributed by atoms with Crippen molar-refractivity contribution in [2.45, 2.75) is 44.2 Å². The van der Waals surface area contributed by atoms with E-state index in [0.29, 0.717) is 18.0 Å². The van der Waals surface area contributed by atoms with Crippen LogP contribution in [0.1, 0.15) is 31.9 Å². The van der Waals surface area contributed by atoms with E-state index in [1.54, 1.807) is 12.3 Å². The summed E-state index contributed by atoms with van der Waals surface area (Å²) in [5.74, 6) is 0.739. The van der Waals surface area contributed by atoms with Crippen LogP contribution >= 0.6 is 0 Å². The summed E-state index contributed by atoms with van der Waals surface area (Å²) >= 11 is 0. The van der Waals surface area contributed by atoms with Gasteiger partial charge in [0, 0.05) is 31.5 Å². The lowest BCUT2D eigenvalue weighted by atomic mass is 10.3. The molecule has 0 unspecified atom stereocenters. The molecule has 0 aliphatic heterocycles. The Hall–Kier alpha value is -0.850. The van der Waals surface area contributed by atoms with Gasteiger partial charge in [-0.3, -0.25) is 0 Å². The molecule has 0 amide bonds. The van der Waals surface area contributed by atoms with Gasteiger partial charge < -0.3 is 9.88 Å². The lowest BCUT2D eigenvalue weighted by molar-refractivity contribution is 0.575. The second-order valence-corrected chi connectivity index (χ2v) is 6.88. The molecule has 2 N–H and O–H groups in total. The van der Waals surface area contributed by atoms with Crippen molar-refractivity contribution in [1.29, 1.82) is 0 Å². The Morgan fingerprint density at radius 1 is 1.42 bits per heavy atom. The Labute approximate surface area is 115 Å². The van der Waals surface area contributed by atoms with Crippen molar-refractivity contribution in [1.82, 2.24) is 14.6 Å². The third-order valence-electron chi connectivity index (χ3n) is 3.51. The molecule has 0 spiro atoms. The zero-order valence-electron chi connectivity index (χ0n) is 11.6. The SMILES string of the molecule is CCn1cc(S(=O)(=O)NCCC2CC2)cc1CNC. The first-order chi connectivity index (χ1) is 9.06. The number of nitrogens with zero attached hydrogens (tertiary/aromatic N) is 1. The molecule has 108 valence electrons. The average Bonchev–Trinajstić information content (AvgIpc) is 3.08. The maximum atomic E-state index is 12.2. The number of sulfonamides is 1. The van der Waals surface area contributed by atoms with Crippen LogP contribution in [0.3, 0.4) is 0 Å². The third kappa shape index (κ3) is 3.81. The highest BCUT2D eigenvalue weighted by Crippen LogP contribution is 2.31. The Kier molecular flexibility index (Phi) is 4.65. The maximum absolute atomic E-state index is 12.2. The lowest BCUT2D eigenvalue weighted by Gasteiger charge is -2.04. The molecule has 6 heteroatoms. The first-order valence-electron chi connectivity index (χ1n) is 6.90. The lowest BCUT2D eigenvalue weighted by Crippen LogP contribution is -2.24. The molecule has 1 fully saturated rings. The minimum absolute atomic E-state index is 0.371. The summed E-state index contributed by atoms with van der Waals surface area (Å²) in [6.07, 6.45) is 5.17. The van der Waals surface area contributed by atoms with Crippen LogP contribution < -0.4 is 10.0 Å². The van der Waals surface area contributed by atoms with E-state index in [0.717, 1.165) is 24.6 Å². The molecule has 1 aromatic rings. The van der Waals surface area contributed by atoms with Crippen LogP contribution in [-0.2, 0) is 23.1 Å². The predicted molar refractivity (Wildman–Crippen MR) is 75.4 cm³/mol. The number of rotatable bonds is 8. The Balaban J connectivity index is 2.05. The topological polar surface area (TPSA) is 63.1 Å². The fraction of sp³-hybridized carbons (Fsp3) is 0.692. The number of nitrogens with one attached hydrogen (secondary N) is 2. The van der Waals surface area contributed by atoms with Gasteiger partial charge in [0.05, 0.1) is 4.90 Å². The van der Waals surface area contributed by atoms with Gasteiger partial charge in [-0.1, -0.05) is 12.8 Å².